The first-order valence-corrected chi connectivity index (χ1v) is 6.96. The molecule has 0 bridgehead atoms. The first kappa shape index (κ1) is 15.8. The lowest BCUT2D eigenvalue weighted by molar-refractivity contribution is -0.388. The van der Waals surface area contributed by atoms with Gasteiger partial charge in [-0.15, -0.1) is 0 Å². The van der Waals surface area contributed by atoms with E-state index in [9.17, 15) is 23.3 Å². The van der Waals surface area contributed by atoms with Crippen LogP contribution in [0.2, 0.25) is 0 Å². The summed E-state index contributed by atoms with van der Waals surface area (Å²) in [5.74, 6) is -1.45. The Kier molecular flexibility index (Phi) is 4.97. The van der Waals surface area contributed by atoms with Gasteiger partial charge in [-0.3, -0.25) is 14.9 Å². The molecule has 0 atom stereocenters. The van der Waals surface area contributed by atoms with Crippen LogP contribution < -0.4 is 4.74 Å². The number of rotatable bonds is 6. The Labute approximate surface area is 114 Å². The number of esters is 1. The Balaban J connectivity index is 3.21. The molecule has 0 unspecified atom stereocenters. The molecule has 1 heterocycles. The van der Waals surface area contributed by atoms with Crippen LogP contribution in [0.15, 0.2) is 17.2 Å². The third-order valence-corrected chi connectivity index (χ3v) is 3.95. The van der Waals surface area contributed by atoms with E-state index in [1.807, 2.05) is 0 Å². The largest absolute Gasteiger partial charge is 0.481 e. The fraction of sp³-hybridized carbons (Fsp3) is 0.400. The zero-order chi connectivity index (χ0) is 15.3. The Morgan fingerprint density at radius 1 is 1.40 bits per heavy atom. The van der Waals surface area contributed by atoms with Gasteiger partial charge in [0, 0.05) is 12.1 Å². The van der Waals surface area contributed by atoms with Gasteiger partial charge in [-0.1, -0.05) is 0 Å². The zero-order valence-corrected chi connectivity index (χ0v) is 11.5. The standard InChI is InChI=1S/C10H12N2O7S/c1-18-8-4-3-7(12(14)15)10(11-8)20(16,17)6-5-9(13)19-2/h3-4H,5-6H2,1-2H3. The number of carbonyl (C=O) groups excluding carboxylic acids is 1. The number of aromatic nitrogens is 1. The predicted molar refractivity (Wildman–Crippen MR) is 66.1 cm³/mol. The highest BCUT2D eigenvalue weighted by molar-refractivity contribution is 7.91. The van der Waals surface area contributed by atoms with Crippen LogP contribution in [0.25, 0.3) is 0 Å². The van der Waals surface area contributed by atoms with Crippen molar-refractivity contribution in [2.45, 2.75) is 11.4 Å². The van der Waals surface area contributed by atoms with Gasteiger partial charge in [0.2, 0.25) is 20.7 Å². The van der Waals surface area contributed by atoms with Gasteiger partial charge in [0.1, 0.15) is 0 Å². The number of hydrogen-bond donors (Lipinski definition) is 0. The molecule has 0 aliphatic heterocycles. The highest BCUT2D eigenvalue weighted by Gasteiger charge is 2.29. The van der Waals surface area contributed by atoms with Crippen LogP contribution in [0.4, 0.5) is 5.69 Å². The molecule has 1 rings (SSSR count). The summed E-state index contributed by atoms with van der Waals surface area (Å²) in [4.78, 5) is 24.5. The maximum absolute atomic E-state index is 12.0. The summed E-state index contributed by atoms with van der Waals surface area (Å²) in [6, 6.07) is 2.16. The van der Waals surface area contributed by atoms with Crippen molar-refractivity contribution in [1.82, 2.24) is 4.98 Å². The molecule has 9 nitrogen and oxygen atoms in total. The zero-order valence-electron chi connectivity index (χ0n) is 10.7. The predicted octanol–water partition coefficient (Wildman–Crippen LogP) is 0.335. The summed E-state index contributed by atoms with van der Waals surface area (Å²) in [7, 11) is -1.75. The Hall–Kier alpha value is -2.23. The van der Waals surface area contributed by atoms with Gasteiger partial charge in [0.15, 0.2) is 0 Å². The van der Waals surface area contributed by atoms with Gasteiger partial charge in [0.05, 0.1) is 31.3 Å². The average Bonchev–Trinajstić information content (AvgIpc) is 2.43. The Bertz CT molecular complexity index is 626. The van der Waals surface area contributed by atoms with E-state index >= 15 is 0 Å². The second-order valence-electron chi connectivity index (χ2n) is 3.58. The molecule has 0 fully saturated rings. The molecule has 0 saturated heterocycles. The lowest BCUT2D eigenvalue weighted by atomic mass is 10.4. The summed E-state index contributed by atoms with van der Waals surface area (Å²) in [6.07, 6.45) is -0.422. The van der Waals surface area contributed by atoms with E-state index in [2.05, 4.69) is 9.72 Å². The minimum atomic E-state index is -4.11. The number of sulfone groups is 1. The van der Waals surface area contributed by atoms with Crippen molar-refractivity contribution in [2.24, 2.45) is 0 Å². The summed E-state index contributed by atoms with van der Waals surface area (Å²) < 4.78 is 33.1. The Morgan fingerprint density at radius 3 is 2.55 bits per heavy atom. The summed E-state index contributed by atoms with van der Waals surface area (Å²) in [6.45, 7) is 0. The highest BCUT2D eigenvalue weighted by Crippen LogP contribution is 2.25. The van der Waals surface area contributed by atoms with E-state index in [1.54, 1.807) is 0 Å². The van der Waals surface area contributed by atoms with Crippen LogP contribution in [-0.2, 0) is 19.4 Å². The average molecular weight is 304 g/mol. The second kappa shape index (κ2) is 6.28. The van der Waals surface area contributed by atoms with Crippen LogP contribution in [-0.4, -0.2) is 44.3 Å². The van der Waals surface area contributed by atoms with E-state index in [0.717, 1.165) is 13.2 Å². The quantitative estimate of drug-likeness (QED) is 0.418. The normalized spacial score (nSPS) is 10.9. The molecule has 0 amide bonds. The summed E-state index contributed by atoms with van der Waals surface area (Å²) in [5.41, 5.74) is -0.671. The number of pyridine rings is 1. The molecule has 0 spiro atoms. The fourth-order valence-corrected chi connectivity index (χ4v) is 2.63. The molecule has 1 aromatic heterocycles. The third-order valence-electron chi connectivity index (χ3n) is 2.32. The van der Waals surface area contributed by atoms with Crippen molar-refractivity contribution in [3.8, 4) is 5.88 Å². The van der Waals surface area contributed by atoms with Gasteiger partial charge >= 0.3 is 11.7 Å². The van der Waals surface area contributed by atoms with E-state index in [4.69, 9.17) is 4.74 Å². The molecular formula is C10H12N2O7S. The fourth-order valence-electron chi connectivity index (χ4n) is 1.31. The molecule has 110 valence electrons. The van der Waals surface area contributed by atoms with E-state index in [1.165, 1.54) is 13.2 Å². The van der Waals surface area contributed by atoms with Crippen molar-refractivity contribution in [2.75, 3.05) is 20.0 Å². The molecule has 0 aromatic carbocycles. The van der Waals surface area contributed by atoms with E-state index in [0.29, 0.717) is 0 Å². The van der Waals surface area contributed by atoms with E-state index < -0.39 is 43.6 Å². The van der Waals surface area contributed by atoms with Crippen molar-refractivity contribution in [3.05, 3.63) is 22.2 Å². The Morgan fingerprint density at radius 2 is 2.05 bits per heavy atom. The molecule has 0 N–H and O–H groups in total. The molecule has 0 radical (unpaired) electrons. The number of carbonyl (C=O) groups is 1. The minimum absolute atomic E-state index is 0.0766. The maximum Gasteiger partial charge on any atom is 0.306 e. The number of methoxy groups -OCH3 is 2. The van der Waals surface area contributed by atoms with Gasteiger partial charge in [-0.25, -0.2) is 8.42 Å². The molecule has 10 heteroatoms. The molecule has 0 aliphatic rings. The van der Waals surface area contributed by atoms with Crippen molar-refractivity contribution in [1.29, 1.82) is 0 Å². The summed E-state index contributed by atoms with van der Waals surface area (Å²) in [5, 5.41) is 10.1. The lowest BCUT2D eigenvalue weighted by Gasteiger charge is -2.05. The monoisotopic (exact) mass is 304 g/mol. The van der Waals surface area contributed by atoms with Crippen LogP contribution in [0.1, 0.15) is 6.42 Å². The lowest BCUT2D eigenvalue weighted by Crippen LogP contribution is -2.15. The molecular weight excluding hydrogens is 292 g/mol. The third kappa shape index (κ3) is 3.63. The number of hydrogen-bond acceptors (Lipinski definition) is 8. The number of nitrogens with zero attached hydrogens (tertiary/aromatic N) is 2. The van der Waals surface area contributed by atoms with Crippen LogP contribution in [0.5, 0.6) is 5.88 Å². The van der Waals surface area contributed by atoms with Crippen LogP contribution >= 0.6 is 0 Å². The van der Waals surface area contributed by atoms with Crippen molar-refractivity contribution >= 4 is 21.5 Å². The number of ether oxygens (including phenoxy) is 2. The van der Waals surface area contributed by atoms with Gasteiger partial charge in [-0.2, -0.15) is 4.98 Å². The first-order chi connectivity index (χ1) is 9.31. The number of nitro groups is 1. The first-order valence-electron chi connectivity index (χ1n) is 5.31. The van der Waals surface area contributed by atoms with Crippen molar-refractivity contribution in [3.63, 3.8) is 0 Å². The van der Waals surface area contributed by atoms with Gasteiger partial charge in [-0.05, 0) is 0 Å². The van der Waals surface area contributed by atoms with Gasteiger partial charge < -0.3 is 9.47 Å². The topological polar surface area (TPSA) is 126 Å². The van der Waals surface area contributed by atoms with E-state index in [-0.39, 0.29) is 5.88 Å². The minimum Gasteiger partial charge on any atom is -0.481 e. The van der Waals surface area contributed by atoms with Crippen LogP contribution in [0, 0.1) is 10.1 Å². The summed E-state index contributed by atoms with van der Waals surface area (Å²) >= 11 is 0. The molecule has 20 heavy (non-hydrogen) atoms. The molecule has 0 aliphatic carbocycles. The highest BCUT2D eigenvalue weighted by atomic mass is 32.2. The molecule has 1 aromatic rings. The van der Waals surface area contributed by atoms with Crippen LogP contribution in [0.3, 0.4) is 0 Å². The smallest absolute Gasteiger partial charge is 0.306 e. The SMILES string of the molecule is COC(=O)CCS(=O)(=O)c1nc(OC)ccc1[N+](=O)[O-]. The second-order valence-corrected chi connectivity index (χ2v) is 5.60. The van der Waals surface area contributed by atoms with Crippen molar-refractivity contribution < 1.29 is 27.6 Å². The maximum atomic E-state index is 12.0. The van der Waals surface area contributed by atoms with Gasteiger partial charge in [0.25, 0.3) is 0 Å². The molecule has 0 saturated carbocycles.